The summed E-state index contributed by atoms with van der Waals surface area (Å²) >= 11 is 5.89. The van der Waals surface area contributed by atoms with E-state index in [4.69, 9.17) is 16.7 Å². The maximum atomic E-state index is 8.88. The van der Waals surface area contributed by atoms with Gasteiger partial charge in [0.05, 0.1) is 6.61 Å². The largest absolute Gasteiger partial charge is 0.395 e. The molecular weight excluding hydrogens is 202 g/mol. The van der Waals surface area contributed by atoms with Gasteiger partial charge in [-0.3, -0.25) is 0 Å². The van der Waals surface area contributed by atoms with Crippen molar-refractivity contribution < 1.29 is 5.11 Å². The highest BCUT2D eigenvalue weighted by Gasteiger charge is 2.10. The van der Waals surface area contributed by atoms with Crippen molar-refractivity contribution in [2.75, 3.05) is 24.6 Å². The Morgan fingerprint density at radius 3 is 2.64 bits per heavy atom. The lowest BCUT2D eigenvalue weighted by Crippen LogP contribution is -2.28. The number of aliphatic hydroxyl groups is 1. The highest BCUT2D eigenvalue weighted by molar-refractivity contribution is 6.31. The first kappa shape index (κ1) is 11.2. The van der Waals surface area contributed by atoms with E-state index in [1.54, 1.807) is 12.4 Å². The van der Waals surface area contributed by atoms with Gasteiger partial charge >= 0.3 is 0 Å². The molecule has 1 aromatic heterocycles. The molecule has 78 valence electrons. The first-order valence-electron chi connectivity index (χ1n) is 4.62. The number of anilines is 1. The zero-order chi connectivity index (χ0) is 10.4. The summed E-state index contributed by atoms with van der Waals surface area (Å²) in [6, 6.07) is 0. The van der Waals surface area contributed by atoms with Gasteiger partial charge in [-0.2, -0.15) is 0 Å². The van der Waals surface area contributed by atoms with Crippen molar-refractivity contribution in [1.29, 1.82) is 0 Å². The average molecular weight is 216 g/mol. The van der Waals surface area contributed by atoms with Gasteiger partial charge in [0.15, 0.2) is 11.0 Å². The van der Waals surface area contributed by atoms with Gasteiger partial charge in [-0.25, -0.2) is 9.97 Å². The monoisotopic (exact) mass is 215 g/mol. The highest BCUT2D eigenvalue weighted by atomic mass is 35.5. The average Bonchev–Trinajstić information content (AvgIpc) is 2.18. The van der Waals surface area contributed by atoms with Crippen LogP contribution in [0.2, 0.25) is 5.15 Å². The fourth-order valence-electron chi connectivity index (χ4n) is 1.24. The van der Waals surface area contributed by atoms with Crippen LogP contribution in [0.3, 0.4) is 0 Å². The molecule has 4 nitrogen and oxygen atoms in total. The van der Waals surface area contributed by atoms with Gasteiger partial charge in [0.1, 0.15) is 0 Å². The Balaban J connectivity index is 2.81. The minimum Gasteiger partial charge on any atom is -0.395 e. The van der Waals surface area contributed by atoms with Crippen molar-refractivity contribution in [3.05, 3.63) is 17.5 Å². The van der Waals surface area contributed by atoms with E-state index < -0.39 is 0 Å². The van der Waals surface area contributed by atoms with Crippen LogP contribution in [0.4, 0.5) is 5.82 Å². The lowest BCUT2D eigenvalue weighted by molar-refractivity contribution is 0.301. The summed E-state index contributed by atoms with van der Waals surface area (Å²) in [6.07, 6.45) is 4.13. The number of hydrogen-bond acceptors (Lipinski definition) is 4. The summed E-state index contributed by atoms with van der Waals surface area (Å²) in [5.41, 5.74) is 0. The second kappa shape index (κ2) is 5.78. The first-order valence-corrected chi connectivity index (χ1v) is 4.99. The number of aliphatic hydroxyl groups excluding tert-OH is 1. The number of halogens is 1. The zero-order valence-electron chi connectivity index (χ0n) is 8.15. The minimum absolute atomic E-state index is 0.0902. The fraction of sp³-hybridized carbons (Fsp3) is 0.556. The standard InChI is InChI=1S/C9H14ClN3O/c1-2-5-13(6-7-14)9-8(10)11-3-4-12-9/h3-4,14H,2,5-7H2,1H3. The molecule has 0 aliphatic carbocycles. The molecule has 1 N–H and O–H groups in total. The van der Waals surface area contributed by atoms with E-state index in [0.717, 1.165) is 13.0 Å². The Morgan fingerprint density at radius 1 is 1.36 bits per heavy atom. The maximum Gasteiger partial charge on any atom is 0.171 e. The Bertz CT molecular complexity index is 277. The second-order valence-electron chi connectivity index (χ2n) is 2.88. The molecule has 0 saturated carbocycles. The molecule has 1 heterocycles. The molecule has 0 fully saturated rings. The van der Waals surface area contributed by atoms with Gasteiger partial charge in [-0.15, -0.1) is 0 Å². The van der Waals surface area contributed by atoms with E-state index in [1.165, 1.54) is 0 Å². The third-order valence-corrected chi connectivity index (χ3v) is 2.07. The molecule has 0 unspecified atom stereocenters. The lowest BCUT2D eigenvalue weighted by Gasteiger charge is -2.22. The van der Waals surface area contributed by atoms with E-state index in [1.807, 2.05) is 4.90 Å². The number of rotatable bonds is 5. The van der Waals surface area contributed by atoms with Crippen molar-refractivity contribution in [1.82, 2.24) is 9.97 Å². The van der Waals surface area contributed by atoms with Gasteiger partial charge in [0, 0.05) is 25.5 Å². The molecular formula is C9H14ClN3O. The lowest BCUT2D eigenvalue weighted by atomic mass is 10.4. The van der Waals surface area contributed by atoms with Crippen molar-refractivity contribution in [2.45, 2.75) is 13.3 Å². The summed E-state index contributed by atoms with van der Waals surface area (Å²) in [5, 5.41) is 9.27. The van der Waals surface area contributed by atoms with Crippen LogP contribution in [0.15, 0.2) is 12.4 Å². The molecule has 0 aliphatic rings. The van der Waals surface area contributed by atoms with Crippen molar-refractivity contribution in [3.8, 4) is 0 Å². The van der Waals surface area contributed by atoms with E-state index >= 15 is 0 Å². The Morgan fingerprint density at radius 2 is 2.07 bits per heavy atom. The third-order valence-electron chi connectivity index (χ3n) is 1.80. The molecule has 0 aliphatic heterocycles. The number of nitrogens with zero attached hydrogens (tertiary/aromatic N) is 3. The van der Waals surface area contributed by atoms with Gasteiger partial charge < -0.3 is 10.0 Å². The van der Waals surface area contributed by atoms with Crippen molar-refractivity contribution >= 4 is 17.4 Å². The molecule has 0 amide bonds. The van der Waals surface area contributed by atoms with Crippen LogP contribution in [0.5, 0.6) is 0 Å². The first-order chi connectivity index (χ1) is 6.79. The molecule has 1 aromatic rings. The van der Waals surface area contributed by atoms with Crippen LogP contribution >= 0.6 is 11.6 Å². The molecule has 1 rings (SSSR count). The van der Waals surface area contributed by atoms with Gasteiger partial charge in [0.2, 0.25) is 0 Å². The molecule has 0 aromatic carbocycles. The van der Waals surface area contributed by atoms with Crippen LogP contribution in [-0.2, 0) is 0 Å². The molecule has 0 saturated heterocycles. The predicted octanol–water partition coefficient (Wildman–Crippen LogP) is 1.34. The van der Waals surface area contributed by atoms with Crippen molar-refractivity contribution in [2.24, 2.45) is 0 Å². The van der Waals surface area contributed by atoms with E-state index in [0.29, 0.717) is 17.5 Å². The van der Waals surface area contributed by atoms with Gasteiger partial charge in [-0.05, 0) is 6.42 Å². The Labute approximate surface area is 88.6 Å². The molecule has 0 bridgehead atoms. The van der Waals surface area contributed by atoms with Crippen LogP contribution in [0.25, 0.3) is 0 Å². The molecule has 0 atom stereocenters. The van der Waals surface area contributed by atoms with Gasteiger partial charge in [0.25, 0.3) is 0 Å². The van der Waals surface area contributed by atoms with Crippen LogP contribution in [-0.4, -0.2) is 34.8 Å². The van der Waals surface area contributed by atoms with Crippen LogP contribution < -0.4 is 4.90 Å². The quantitative estimate of drug-likeness (QED) is 0.806. The zero-order valence-corrected chi connectivity index (χ0v) is 8.91. The topological polar surface area (TPSA) is 49.2 Å². The molecule has 0 spiro atoms. The molecule has 5 heteroatoms. The summed E-state index contributed by atoms with van der Waals surface area (Å²) in [7, 11) is 0. The van der Waals surface area contributed by atoms with E-state index in [9.17, 15) is 0 Å². The van der Waals surface area contributed by atoms with Crippen molar-refractivity contribution in [3.63, 3.8) is 0 Å². The van der Waals surface area contributed by atoms with Gasteiger partial charge in [-0.1, -0.05) is 18.5 Å². The van der Waals surface area contributed by atoms with Crippen LogP contribution in [0, 0.1) is 0 Å². The smallest absolute Gasteiger partial charge is 0.171 e. The number of aromatic nitrogens is 2. The molecule has 0 radical (unpaired) electrons. The summed E-state index contributed by atoms with van der Waals surface area (Å²) < 4.78 is 0. The Kier molecular flexibility index (Phi) is 4.62. The summed E-state index contributed by atoms with van der Waals surface area (Å²) in [4.78, 5) is 10.0. The Hall–Kier alpha value is -0.870. The SMILES string of the molecule is CCCN(CCO)c1nccnc1Cl. The highest BCUT2D eigenvalue weighted by Crippen LogP contribution is 2.19. The third kappa shape index (κ3) is 2.82. The molecule has 14 heavy (non-hydrogen) atoms. The second-order valence-corrected chi connectivity index (χ2v) is 3.24. The maximum absolute atomic E-state index is 8.88. The van der Waals surface area contributed by atoms with E-state index in [-0.39, 0.29) is 6.61 Å². The summed E-state index contributed by atoms with van der Waals surface area (Å²) in [6.45, 7) is 3.51. The normalized spacial score (nSPS) is 10.2. The van der Waals surface area contributed by atoms with Crippen LogP contribution in [0.1, 0.15) is 13.3 Å². The van der Waals surface area contributed by atoms with E-state index in [2.05, 4.69) is 16.9 Å². The summed E-state index contributed by atoms with van der Waals surface area (Å²) in [5.74, 6) is 0.644. The fourth-order valence-corrected chi connectivity index (χ4v) is 1.46. The predicted molar refractivity (Wildman–Crippen MR) is 56.6 cm³/mol. The minimum atomic E-state index is 0.0902. The number of hydrogen-bond donors (Lipinski definition) is 1.